The zero-order valence-electron chi connectivity index (χ0n) is 15.3. The number of hydrogen-bond donors (Lipinski definition) is 0. The summed E-state index contributed by atoms with van der Waals surface area (Å²) in [7, 11) is 0. The number of aryl methyl sites for hydroxylation is 1. The Bertz CT molecular complexity index is 727. The van der Waals surface area contributed by atoms with Crippen molar-refractivity contribution in [3.8, 4) is 0 Å². The lowest BCUT2D eigenvalue weighted by Crippen LogP contribution is -2.41. The molecule has 0 bridgehead atoms. The van der Waals surface area contributed by atoms with Crippen molar-refractivity contribution in [3.63, 3.8) is 0 Å². The fraction of sp³-hybridized carbons (Fsp3) is 0.455. The molecule has 0 aromatic heterocycles. The summed E-state index contributed by atoms with van der Waals surface area (Å²) in [6, 6.07) is 14.2. The lowest BCUT2D eigenvalue weighted by atomic mass is 9.95. The van der Waals surface area contributed by atoms with Crippen molar-refractivity contribution >= 4 is 11.6 Å². The monoisotopic (exact) mass is 395 g/mol. The van der Waals surface area contributed by atoms with Crippen LogP contribution in [0.25, 0.3) is 0 Å². The first-order chi connectivity index (χ1) is 12.9. The highest BCUT2D eigenvalue weighted by molar-refractivity contribution is 6.30. The van der Waals surface area contributed by atoms with Gasteiger partial charge in [-0.1, -0.05) is 48.4 Å². The lowest BCUT2D eigenvalue weighted by molar-refractivity contribution is -0.137. The van der Waals surface area contributed by atoms with Crippen molar-refractivity contribution in [3.05, 3.63) is 70.2 Å². The van der Waals surface area contributed by atoms with Gasteiger partial charge in [0.1, 0.15) is 0 Å². The molecule has 1 heterocycles. The zero-order valence-corrected chi connectivity index (χ0v) is 16.1. The lowest BCUT2D eigenvalue weighted by Gasteiger charge is -2.36. The molecule has 27 heavy (non-hydrogen) atoms. The van der Waals surface area contributed by atoms with Gasteiger partial charge in [0.15, 0.2) is 0 Å². The summed E-state index contributed by atoms with van der Waals surface area (Å²) < 4.78 is 38.5. The molecule has 0 amide bonds. The van der Waals surface area contributed by atoms with Gasteiger partial charge in [0.25, 0.3) is 0 Å². The van der Waals surface area contributed by atoms with Gasteiger partial charge in [0, 0.05) is 11.1 Å². The van der Waals surface area contributed by atoms with Crippen molar-refractivity contribution < 1.29 is 13.2 Å². The van der Waals surface area contributed by atoms with Gasteiger partial charge in [-0.2, -0.15) is 13.2 Å². The predicted octanol–water partition coefficient (Wildman–Crippen LogP) is 6.39. The molecule has 0 spiro atoms. The van der Waals surface area contributed by atoms with Crippen LogP contribution in [0.2, 0.25) is 5.02 Å². The summed E-state index contributed by atoms with van der Waals surface area (Å²) in [6.07, 6.45) is 1.88. The molecule has 1 aliphatic rings. The van der Waals surface area contributed by atoms with Crippen LogP contribution >= 0.6 is 11.6 Å². The number of alkyl halides is 3. The molecule has 1 unspecified atom stereocenters. The van der Waals surface area contributed by atoms with E-state index in [0.29, 0.717) is 12.5 Å². The van der Waals surface area contributed by atoms with Crippen molar-refractivity contribution in [2.45, 2.75) is 50.7 Å². The summed E-state index contributed by atoms with van der Waals surface area (Å²) in [5, 5.41) is 0.750. The summed E-state index contributed by atoms with van der Waals surface area (Å²) in [5.74, 6) is 0. The van der Waals surface area contributed by atoms with Gasteiger partial charge in [-0.25, -0.2) is 0 Å². The normalized spacial score (nSPS) is 18.6. The third-order valence-electron chi connectivity index (χ3n) is 5.30. The molecule has 2 aromatic rings. The first-order valence-corrected chi connectivity index (χ1v) is 9.94. The Morgan fingerprint density at radius 2 is 1.78 bits per heavy atom. The fourth-order valence-corrected chi connectivity index (χ4v) is 3.99. The first-order valence-electron chi connectivity index (χ1n) is 9.56. The maximum Gasteiger partial charge on any atom is 0.416 e. The van der Waals surface area contributed by atoms with Gasteiger partial charge in [-0.05, 0) is 74.5 Å². The van der Waals surface area contributed by atoms with Gasteiger partial charge >= 0.3 is 6.18 Å². The van der Waals surface area contributed by atoms with Gasteiger partial charge in [-0.3, -0.25) is 0 Å². The standard InChI is InChI=1S/C22H25ClF3N/c23-20-11-9-18(10-12-20)16-21-8-1-2-13-27(21)14-4-6-17-5-3-7-19(15-17)22(24,25)26/h3,5,7,9-12,15,21H,1-2,4,6,8,13-14,16H2. The number of rotatable bonds is 6. The average Bonchev–Trinajstić information content (AvgIpc) is 2.64. The van der Waals surface area contributed by atoms with E-state index in [2.05, 4.69) is 17.0 Å². The Labute approximate surface area is 164 Å². The Hall–Kier alpha value is -1.52. The van der Waals surface area contributed by atoms with E-state index in [1.165, 1.54) is 37.0 Å². The highest BCUT2D eigenvalue weighted by atomic mass is 35.5. The van der Waals surface area contributed by atoms with Crippen molar-refractivity contribution in [1.29, 1.82) is 0 Å². The van der Waals surface area contributed by atoms with Crippen molar-refractivity contribution in [2.24, 2.45) is 0 Å². The highest BCUT2D eigenvalue weighted by Gasteiger charge is 2.30. The first kappa shape index (κ1) is 20.2. The number of nitrogens with zero attached hydrogens (tertiary/aromatic N) is 1. The molecule has 5 heteroatoms. The number of benzene rings is 2. The van der Waals surface area contributed by atoms with Gasteiger partial charge in [0.05, 0.1) is 5.56 Å². The zero-order chi connectivity index (χ0) is 19.3. The highest BCUT2D eigenvalue weighted by Crippen LogP contribution is 2.30. The van der Waals surface area contributed by atoms with Crippen molar-refractivity contribution in [1.82, 2.24) is 4.90 Å². The van der Waals surface area contributed by atoms with E-state index in [1.807, 2.05) is 12.1 Å². The molecular formula is C22H25ClF3N. The molecule has 1 aliphatic heterocycles. The molecule has 0 aliphatic carbocycles. The van der Waals surface area contributed by atoms with E-state index in [9.17, 15) is 13.2 Å². The molecule has 0 radical (unpaired) electrons. The fourth-order valence-electron chi connectivity index (χ4n) is 3.87. The van der Waals surface area contributed by atoms with Gasteiger partial charge in [0.2, 0.25) is 0 Å². The van der Waals surface area contributed by atoms with Crippen LogP contribution in [-0.2, 0) is 19.0 Å². The van der Waals surface area contributed by atoms with Crippen LogP contribution in [0.4, 0.5) is 13.2 Å². The van der Waals surface area contributed by atoms with E-state index >= 15 is 0 Å². The second-order valence-corrected chi connectivity index (χ2v) is 7.75. The van der Waals surface area contributed by atoms with Crippen LogP contribution in [0.15, 0.2) is 48.5 Å². The maximum atomic E-state index is 12.8. The van der Waals surface area contributed by atoms with Crippen molar-refractivity contribution in [2.75, 3.05) is 13.1 Å². The summed E-state index contributed by atoms with van der Waals surface area (Å²) in [5.41, 5.74) is 1.49. The van der Waals surface area contributed by atoms with Gasteiger partial charge in [-0.15, -0.1) is 0 Å². The van der Waals surface area contributed by atoms with Gasteiger partial charge < -0.3 is 4.90 Å². The van der Waals surface area contributed by atoms with Crippen LogP contribution in [0.5, 0.6) is 0 Å². The van der Waals surface area contributed by atoms with E-state index in [4.69, 9.17) is 11.6 Å². The minimum absolute atomic E-state index is 0.501. The molecule has 1 nitrogen and oxygen atoms in total. The Kier molecular flexibility index (Phi) is 6.83. The second kappa shape index (κ2) is 9.11. The minimum Gasteiger partial charge on any atom is -0.300 e. The Morgan fingerprint density at radius 3 is 2.52 bits per heavy atom. The van der Waals surface area contributed by atoms with Crippen LogP contribution in [-0.4, -0.2) is 24.0 Å². The quantitative estimate of drug-likeness (QED) is 0.547. The smallest absolute Gasteiger partial charge is 0.300 e. The average molecular weight is 396 g/mol. The molecule has 146 valence electrons. The Balaban J connectivity index is 1.55. The number of piperidine rings is 1. The summed E-state index contributed by atoms with van der Waals surface area (Å²) >= 11 is 5.97. The number of likely N-dealkylation sites (tertiary alicyclic amines) is 1. The molecular weight excluding hydrogens is 371 g/mol. The molecule has 0 N–H and O–H groups in total. The molecule has 1 saturated heterocycles. The van der Waals surface area contributed by atoms with E-state index in [0.717, 1.165) is 42.6 Å². The summed E-state index contributed by atoms with van der Waals surface area (Å²) in [4.78, 5) is 2.51. The van der Waals surface area contributed by atoms with Crippen LogP contribution in [0, 0.1) is 0 Å². The summed E-state index contributed by atoms with van der Waals surface area (Å²) in [6.45, 7) is 2.00. The number of hydrogen-bond acceptors (Lipinski definition) is 1. The van der Waals surface area contributed by atoms with Crippen LogP contribution in [0.3, 0.4) is 0 Å². The molecule has 3 rings (SSSR count). The Morgan fingerprint density at radius 1 is 1.00 bits per heavy atom. The topological polar surface area (TPSA) is 3.24 Å². The molecule has 1 atom stereocenters. The predicted molar refractivity (Wildman–Crippen MR) is 104 cm³/mol. The van der Waals surface area contributed by atoms with E-state index < -0.39 is 11.7 Å². The SMILES string of the molecule is FC(F)(F)c1cccc(CCCN2CCCCC2Cc2ccc(Cl)cc2)c1. The number of halogens is 4. The third-order valence-corrected chi connectivity index (χ3v) is 5.55. The maximum absolute atomic E-state index is 12.8. The third kappa shape index (κ3) is 5.98. The van der Waals surface area contributed by atoms with Crippen LogP contribution < -0.4 is 0 Å². The van der Waals surface area contributed by atoms with E-state index in [1.54, 1.807) is 6.07 Å². The molecule has 0 saturated carbocycles. The second-order valence-electron chi connectivity index (χ2n) is 7.32. The molecule has 1 fully saturated rings. The van der Waals surface area contributed by atoms with E-state index in [-0.39, 0.29) is 0 Å². The molecule has 2 aromatic carbocycles. The van der Waals surface area contributed by atoms with Crippen LogP contribution in [0.1, 0.15) is 42.4 Å². The largest absolute Gasteiger partial charge is 0.416 e. The minimum atomic E-state index is -4.27.